The van der Waals surface area contributed by atoms with Crippen molar-refractivity contribution in [2.75, 3.05) is 0 Å². The fourth-order valence-corrected chi connectivity index (χ4v) is 5.96. The lowest BCUT2D eigenvalue weighted by atomic mass is 9.47. The molecule has 1 amide bonds. The van der Waals surface area contributed by atoms with E-state index in [0.29, 0.717) is 11.8 Å². The van der Waals surface area contributed by atoms with E-state index in [4.69, 9.17) is 27.9 Å². The van der Waals surface area contributed by atoms with Crippen molar-refractivity contribution in [3.8, 4) is 22.9 Å². The van der Waals surface area contributed by atoms with Crippen LogP contribution in [0, 0.1) is 17.3 Å². The normalized spacial score (nSPS) is 21.9. The number of amides is 1. The van der Waals surface area contributed by atoms with Gasteiger partial charge in [0.2, 0.25) is 0 Å². The number of halogens is 2. The van der Waals surface area contributed by atoms with E-state index in [9.17, 15) is 19.5 Å². The number of carbonyl (C=O) groups excluding carboxylic acids is 1. The summed E-state index contributed by atoms with van der Waals surface area (Å²) in [5.74, 6) is 0.910. The van der Waals surface area contributed by atoms with Crippen LogP contribution in [0.25, 0.3) is 5.69 Å². The van der Waals surface area contributed by atoms with Gasteiger partial charge < -0.3 is 15.2 Å². The molecule has 0 aliphatic heterocycles. The van der Waals surface area contributed by atoms with Crippen LogP contribution < -0.4 is 21.3 Å². The van der Waals surface area contributed by atoms with Crippen LogP contribution in [0.5, 0.6) is 17.2 Å². The first-order valence-corrected chi connectivity index (χ1v) is 12.3. The van der Waals surface area contributed by atoms with Crippen LogP contribution in [-0.2, 0) is 0 Å². The van der Waals surface area contributed by atoms with Gasteiger partial charge in [-0.3, -0.25) is 14.6 Å². The quantitative estimate of drug-likeness (QED) is 0.451. The van der Waals surface area contributed by atoms with Gasteiger partial charge in [-0.2, -0.15) is 9.78 Å². The maximum absolute atomic E-state index is 13.1. The molecule has 9 nitrogen and oxygen atoms in total. The van der Waals surface area contributed by atoms with Gasteiger partial charge >= 0.3 is 5.69 Å². The molecule has 3 saturated carbocycles. The molecular formula is C25H24Cl2N4O5. The largest absolute Gasteiger partial charge is 0.507 e. The number of phenolic OH excluding ortho intramolecular Hbond substituents is 1. The number of carbonyl (C=O) groups is 1. The molecule has 3 aliphatic rings. The lowest BCUT2D eigenvalue weighted by Gasteiger charge is -2.60. The zero-order chi connectivity index (χ0) is 25.8. The summed E-state index contributed by atoms with van der Waals surface area (Å²) in [5, 5.41) is 17.4. The van der Waals surface area contributed by atoms with Gasteiger partial charge in [-0.05, 0) is 66.8 Å². The number of H-pyrrole nitrogens is 1. The summed E-state index contributed by atoms with van der Waals surface area (Å²) < 4.78 is 6.79. The topological polar surface area (TPSA) is 126 Å². The van der Waals surface area contributed by atoms with Crippen molar-refractivity contribution in [3.63, 3.8) is 0 Å². The summed E-state index contributed by atoms with van der Waals surface area (Å²) in [6.07, 6.45) is 4.07. The number of nitrogens with zero attached hydrogens (tertiary/aromatic N) is 2. The van der Waals surface area contributed by atoms with Gasteiger partial charge in [-0.1, -0.05) is 37.0 Å². The first-order valence-electron chi connectivity index (χ1n) is 11.5. The number of hydrogen-bond acceptors (Lipinski definition) is 6. The lowest BCUT2D eigenvalue weighted by Crippen LogP contribution is -2.59. The summed E-state index contributed by atoms with van der Waals surface area (Å²) in [5.41, 5.74) is -0.878. The minimum Gasteiger partial charge on any atom is -0.507 e. The van der Waals surface area contributed by atoms with E-state index in [-0.39, 0.29) is 55.9 Å². The van der Waals surface area contributed by atoms with E-state index < -0.39 is 11.2 Å². The van der Waals surface area contributed by atoms with Crippen LogP contribution in [0.3, 0.4) is 0 Å². The number of aromatic hydroxyl groups is 1. The number of aromatic amines is 1. The molecule has 2 bridgehead atoms. The van der Waals surface area contributed by atoms with Crippen molar-refractivity contribution in [3.05, 3.63) is 73.0 Å². The number of fused-ring (bicyclic) bond motifs is 2. The van der Waals surface area contributed by atoms with Crippen molar-refractivity contribution >= 4 is 29.1 Å². The molecular weight excluding hydrogens is 507 g/mol. The van der Waals surface area contributed by atoms with Crippen LogP contribution in [0.4, 0.5) is 0 Å². The van der Waals surface area contributed by atoms with Gasteiger partial charge in [0.15, 0.2) is 5.75 Å². The second kappa shape index (κ2) is 8.97. The summed E-state index contributed by atoms with van der Waals surface area (Å²) in [6.45, 7) is 4.50. The lowest BCUT2D eigenvalue weighted by molar-refractivity contribution is -0.0844. The van der Waals surface area contributed by atoms with Crippen molar-refractivity contribution in [2.45, 2.75) is 39.2 Å². The Kier molecular flexibility index (Phi) is 6.08. The smallest absolute Gasteiger partial charge is 0.349 e. The number of benzene rings is 2. The highest BCUT2D eigenvalue weighted by Crippen LogP contribution is 2.59. The zero-order valence-corrected chi connectivity index (χ0v) is 21.1. The fraction of sp³-hybridized carbons (Fsp3) is 0.360. The van der Waals surface area contributed by atoms with Crippen LogP contribution in [0.15, 0.2) is 46.1 Å². The van der Waals surface area contributed by atoms with Crippen LogP contribution in [-0.4, -0.2) is 31.8 Å². The van der Waals surface area contributed by atoms with Crippen molar-refractivity contribution < 1.29 is 14.6 Å². The Morgan fingerprint density at radius 2 is 1.92 bits per heavy atom. The van der Waals surface area contributed by atoms with E-state index in [1.807, 2.05) is 0 Å². The third-order valence-electron chi connectivity index (χ3n) is 7.55. The summed E-state index contributed by atoms with van der Waals surface area (Å²) in [4.78, 5) is 38.5. The maximum atomic E-state index is 13.1. The molecule has 3 N–H and O–H groups in total. The van der Waals surface area contributed by atoms with E-state index in [1.165, 1.54) is 30.3 Å². The van der Waals surface area contributed by atoms with Gasteiger partial charge in [-0.25, -0.2) is 4.79 Å². The third kappa shape index (κ3) is 4.26. The highest BCUT2D eigenvalue weighted by molar-refractivity contribution is 6.37. The Hall–Kier alpha value is -3.30. The zero-order valence-electron chi connectivity index (χ0n) is 19.5. The highest BCUT2D eigenvalue weighted by Gasteiger charge is 2.54. The van der Waals surface area contributed by atoms with Gasteiger partial charge in [0, 0.05) is 6.04 Å². The molecule has 1 heterocycles. The molecule has 1 aromatic heterocycles. The molecule has 3 fully saturated rings. The predicted molar refractivity (Wildman–Crippen MR) is 135 cm³/mol. The molecule has 2 aromatic carbocycles. The molecule has 3 aromatic rings. The summed E-state index contributed by atoms with van der Waals surface area (Å²) in [7, 11) is 0. The number of ether oxygens (including phenoxy) is 1. The maximum Gasteiger partial charge on any atom is 0.349 e. The Bertz CT molecular complexity index is 1460. The van der Waals surface area contributed by atoms with Crippen LogP contribution >= 0.6 is 23.2 Å². The minimum absolute atomic E-state index is 0.0582. The average Bonchev–Trinajstić information content (AvgIpc) is 2.82. The second-order valence-corrected chi connectivity index (χ2v) is 10.7. The van der Waals surface area contributed by atoms with Crippen molar-refractivity contribution in [2.24, 2.45) is 17.3 Å². The fourth-order valence-electron chi connectivity index (χ4n) is 5.41. The highest BCUT2D eigenvalue weighted by atomic mass is 35.5. The molecule has 188 valence electrons. The van der Waals surface area contributed by atoms with Crippen LogP contribution in [0.2, 0.25) is 10.0 Å². The van der Waals surface area contributed by atoms with E-state index in [2.05, 4.69) is 29.2 Å². The van der Waals surface area contributed by atoms with Crippen molar-refractivity contribution in [1.29, 1.82) is 0 Å². The molecule has 3 aliphatic carbocycles. The predicted octanol–water partition coefficient (Wildman–Crippen LogP) is 4.28. The molecule has 0 unspecified atom stereocenters. The number of aromatic nitrogens is 3. The van der Waals surface area contributed by atoms with Gasteiger partial charge in [-0.15, -0.1) is 0 Å². The molecule has 0 radical (unpaired) electrons. The minimum atomic E-state index is -0.753. The molecule has 6 rings (SSSR count). The van der Waals surface area contributed by atoms with Gasteiger partial charge in [0.1, 0.15) is 17.7 Å². The van der Waals surface area contributed by atoms with Crippen molar-refractivity contribution in [1.82, 2.24) is 20.1 Å². The molecule has 11 heteroatoms. The Morgan fingerprint density at radius 1 is 1.19 bits per heavy atom. The number of phenols is 1. The SMILES string of the molecule is CC1(C)[C@@H]2CC[C@H](NC(=O)c3cc(Oc4c(Cl)cc(-n5ncc(=O)[nH]c5=O)cc4Cl)ccc3O)[C@H]1C2. The van der Waals surface area contributed by atoms with Gasteiger partial charge in [0.25, 0.3) is 11.5 Å². The third-order valence-corrected chi connectivity index (χ3v) is 8.11. The first-order chi connectivity index (χ1) is 17.0. The Balaban J connectivity index is 1.37. The standard InChI is InChI=1S/C25H24Cl2N4O5/c1-25(2)12-3-5-19(16(25)7-12)29-23(34)15-10-14(4-6-20(15)32)36-22-17(26)8-13(9-18(22)27)31-24(35)30-21(33)11-28-31/h4,6,8-12,16,19,32H,3,5,7H2,1-2H3,(H,29,34)(H,30,33,35)/t12-,16-,19+/m1/s1. The second-order valence-electron chi connectivity index (χ2n) is 9.89. The molecule has 0 spiro atoms. The summed E-state index contributed by atoms with van der Waals surface area (Å²) in [6, 6.07) is 7.15. The van der Waals surface area contributed by atoms with E-state index in [0.717, 1.165) is 30.1 Å². The summed E-state index contributed by atoms with van der Waals surface area (Å²) >= 11 is 12.7. The van der Waals surface area contributed by atoms with Crippen LogP contribution in [0.1, 0.15) is 43.5 Å². The molecule has 3 atom stereocenters. The number of rotatable bonds is 5. The van der Waals surface area contributed by atoms with E-state index >= 15 is 0 Å². The number of nitrogens with one attached hydrogen (secondary N) is 2. The Labute approximate surface area is 216 Å². The first kappa shape index (κ1) is 24.4. The Morgan fingerprint density at radius 3 is 2.56 bits per heavy atom. The van der Waals surface area contributed by atoms with Gasteiger partial charge in [0.05, 0.1) is 21.3 Å². The number of hydrogen-bond donors (Lipinski definition) is 3. The monoisotopic (exact) mass is 530 g/mol. The molecule has 36 heavy (non-hydrogen) atoms. The van der Waals surface area contributed by atoms with E-state index in [1.54, 1.807) is 0 Å². The average molecular weight is 531 g/mol. The molecule has 0 saturated heterocycles.